The Morgan fingerprint density at radius 1 is 0.865 bits per heavy atom. The molecular weight excluding hydrogens is 839 g/mol. The van der Waals surface area contributed by atoms with Gasteiger partial charge in [0.05, 0.1) is 4.70 Å². The van der Waals surface area contributed by atoms with Crippen molar-refractivity contribution in [2.75, 3.05) is 0 Å². The summed E-state index contributed by atoms with van der Waals surface area (Å²) >= 11 is 1.79. The van der Waals surface area contributed by atoms with Gasteiger partial charge in [-0.2, -0.15) is 0 Å². The van der Waals surface area contributed by atoms with Gasteiger partial charge in [-0.3, -0.25) is 9.78 Å². The summed E-state index contributed by atoms with van der Waals surface area (Å²) in [5, 5.41) is 16.2. The molecule has 3 heterocycles. The van der Waals surface area contributed by atoms with Gasteiger partial charge in [-0.1, -0.05) is 117 Å². The fraction of sp³-hybridized carbons (Fsp3) is 0.435. The van der Waals surface area contributed by atoms with Gasteiger partial charge >= 0.3 is 0 Å². The maximum atomic E-state index is 12.2. The summed E-state index contributed by atoms with van der Waals surface area (Å²) in [6, 6.07) is 23.3. The number of allylic oxidation sites excluding steroid dienone is 2. The molecule has 0 atom stereocenters. The third-order valence-electron chi connectivity index (χ3n) is 11.1. The number of benzene rings is 3. The van der Waals surface area contributed by atoms with Crippen molar-refractivity contribution in [2.45, 2.75) is 114 Å². The molecule has 6 rings (SSSR count). The molecule has 52 heavy (non-hydrogen) atoms. The van der Waals surface area contributed by atoms with Crippen LogP contribution in [0, 0.1) is 22.8 Å². The topological polar surface area (TPSA) is 63.3 Å². The smallest absolute Gasteiger partial charge is 0.164 e. The number of aliphatic hydroxyl groups is 1. The van der Waals surface area contributed by atoms with Crippen LogP contribution in [0.1, 0.15) is 113 Å². The second-order valence-electron chi connectivity index (χ2n) is 16.1. The fourth-order valence-corrected chi connectivity index (χ4v) is 7.96. The number of furan rings is 1. The summed E-state index contributed by atoms with van der Waals surface area (Å²) < 4.78 is 8.77. The second kappa shape index (κ2) is 16.4. The van der Waals surface area contributed by atoms with Gasteiger partial charge in [0.15, 0.2) is 11.4 Å². The Morgan fingerprint density at radius 2 is 1.50 bits per heavy atom. The molecule has 0 aliphatic carbocycles. The minimum Gasteiger partial charge on any atom is -0.512 e. The van der Waals surface area contributed by atoms with Crippen LogP contribution in [0.2, 0.25) is 0 Å². The minimum atomic E-state index is -0.337. The maximum Gasteiger partial charge on any atom is 0.164 e. The Morgan fingerprint density at radius 3 is 2.12 bits per heavy atom. The zero-order valence-corrected chi connectivity index (χ0v) is 36.1. The van der Waals surface area contributed by atoms with Crippen LogP contribution < -0.4 is 0 Å². The normalized spacial score (nSPS) is 12.8. The molecule has 279 valence electrons. The number of aromatic nitrogens is 1. The van der Waals surface area contributed by atoms with E-state index in [1.807, 2.05) is 47.7 Å². The van der Waals surface area contributed by atoms with E-state index in [-0.39, 0.29) is 47.9 Å². The number of ketones is 1. The minimum absolute atomic E-state index is 0. The van der Waals surface area contributed by atoms with Gasteiger partial charge < -0.3 is 9.52 Å². The van der Waals surface area contributed by atoms with Gasteiger partial charge in [-0.15, -0.1) is 40.5 Å². The van der Waals surface area contributed by atoms with Crippen molar-refractivity contribution in [1.82, 2.24) is 4.98 Å². The van der Waals surface area contributed by atoms with E-state index in [2.05, 4.69) is 95.3 Å². The first-order chi connectivity index (χ1) is 24.1. The molecule has 0 aliphatic rings. The third-order valence-corrected chi connectivity index (χ3v) is 12.4. The number of carbonyl (C=O) groups is 1. The number of pyridine rings is 1. The number of thiophene rings is 1. The van der Waals surface area contributed by atoms with E-state index >= 15 is 0 Å². The van der Waals surface area contributed by atoms with E-state index in [9.17, 15) is 9.90 Å². The summed E-state index contributed by atoms with van der Waals surface area (Å²) in [6.45, 7) is 23.4. The monoisotopic (exact) mass is 895 g/mol. The van der Waals surface area contributed by atoms with Crippen molar-refractivity contribution in [3.05, 3.63) is 90.0 Å². The zero-order chi connectivity index (χ0) is 37.3. The van der Waals surface area contributed by atoms with Crippen LogP contribution in [0.15, 0.2) is 77.0 Å². The Hall–Kier alpha value is -3.31. The van der Waals surface area contributed by atoms with Crippen LogP contribution in [0.4, 0.5) is 0 Å². The van der Waals surface area contributed by atoms with Crippen molar-refractivity contribution in [1.29, 1.82) is 0 Å². The zero-order valence-electron chi connectivity index (χ0n) is 32.9. The van der Waals surface area contributed by atoms with Crippen molar-refractivity contribution in [3.8, 4) is 11.3 Å². The van der Waals surface area contributed by atoms with Crippen LogP contribution in [0.5, 0.6) is 0 Å². The van der Waals surface area contributed by atoms with E-state index in [1.165, 1.54) is 42.6 Å². The number of rotatable bonds is 10. The number of carbonyl (C=O) groups excluding carboxylic acids is 1. The Bertz CT molecular complexity index is 2210. The summed E-state index contributed by atoms with van der Waals surface area (Å²) in [5.41, 5.74) is 3.79. The maximum absolute atomic E-state index is 12.2. The summed E-state index contributed by atoms with van der Waals surface area (Å²) in [5.74, 6) is 1.91. The molecule has 0 saturated heterocycles. The fourth-order valence-electron chi connectivity index (χ4n) is 6.67. The molecule has 1 N–H and O–H groups in total. The van der Waals surface area contributed by atoms with Crippen LogP contribution in [-0.4, -0.2) is 15.9 Å². The second-order valence-corrected chi connectivity index (χ2v) is 17.2. The van der Waals surface area contributed by atoms with Crippen molar-refractivity contribution >= 4 is 59.0 Å². The molecule has 6 heteroatoms. The van der Waals surface area contributed by atoms with Crippen molar-refractivity contribution < 1.29 is 34.4 Å². The molecule has 6 aromatic rings. The number of hydrogen-bond donors (Lipinski definition) is 1. The quantitative estimate of drug-likeness (QED) is 0.0845. The number of nitrogens with zero attached hydrogens (tertiary/aromatic N) is 1. The van der Waals surface area contributed by atoms with Gasteiger partial charge in [0, 0.05) is 70.8 Å². The molecule has 0 unspecified atom stereocenters. The molecule has 0 bridgehead atoms. The first-order valence-corrected chi connectivity index (χ1v) is 19.5. The first-order valence-electron chi connectivity index (χ1n) is 18.7. The number of aliphatic hydroxyl groups excluding tert-OH is 1. The van der Waals surface area contributed by atoms with E-state index in [0.717, 1.165) is 60.1 Å². The number of fused-ring (bicyclic) bond motifs is 6. The van der Waals surface area contributed by atoms with Crippen LogP contribution in [0.25, 0.3) is 53.2 Å². The van der Waals surface area contributed by atoms with Gasteiger partial charge in [-0.05, 0) is 54.5 Å². The van der Waals surface area contributed by atoms with E-state index in [4.69, 9.17) is 9.40 Å². The van der Waals surface area contributed by atoms with Gasteiger partial charge in [0.25, 0.3) is 0 Å². The molecule has 3 aromatic heterocycles. The molecule has 4 nitrogen and oxygen atoms in total. The Balaban J connectivity index is 0.000000289. The summed E-state index contributed by atoms with van der Waals surface area (Å²) in [7, 11) is 0. The molecular formula is C46H56IrNO3S-. The van der Waals surface area contributed by atoms with E-state index in [1.54, 1.807) is 11.3 Å². The van der Waals surface area contributed by atoms with Crippen LogP contribution >= 0.6 is 11.3 Å². The Labute approximate surface area is 328 Å². The van der Waals surface area contributed by atoms with Gasteiger partial charge in [0.1, 0.15) is 11.5 Å². The molecule has 0 spiro atoms. The van der Waals surface area contributed by atoms with Crippen LogP contribution in [0.3, 0.4) is 0 Å². The molecule has 1 radical (unpaired) electrons. The molecule has 0 aliphatic heterocycles. The van der Waals surface area contributed by atoms with Crippen molar-refractivity contribution in [3.63, 3.8) is 0 Å². The van der Waals surface area contributed by atoms with Crippen LogP contribution in [-0.2, 0) is 36.7 Å². The van der Waals surface area contributed by atoms with Crippen molar-refractivity contribution in [2.24, 2.45) is 16.7 Å². The molecule has 0 fully saturated rings. The average Bonchev–Trinajstić information content (AvgIpc) is 3.70. The molecule has 0 amide bonds. The third kappa shape index (κ3) is 8.25. The van der Waals surface area contributed by atoms with Gasteiger partial charge in [-0.25, -0.2) is 0 Å². The standard InChI is InChI=1S/C31H28NOS.C15H28O2.Ir/c1-18(2)14-22-16-20-10-11-24-25-12-13-32-27(29(25)34-30(24)28(20)33-22)21-15-19-8-6-7-9-23(19)26(17-21)31(3,4)5;1-7-14(5,8-2)12(16)11-13(17)15(6,9-3)10-4;/h6-13,16-18H,14H2,1-5H3;11,16H,7-10H2,1-6H3;/q-1;;/b;12-11-;. The molecule has 0 saturated carbocycles. The predicted octanol–water partition coefficient (Wildman–Crippen LogP) is 14.0. The SMILES string of the molecule is CC(C)Cc1cc2ccc3c4ccnc(-c5[c-]c6ccccc6c(C(C)(C)C)c5)c4sc3c2o1.CCC(C)(CC)C(=O)/C=C(\O)C(C)(CC)CC.[Ir]. The van der Waals surface area contributed by atoms with E-state index in [0.29, 0.717) is 5.92 Å². The van der Waals surface area contributed by atoms with E-state index < -0.39 is 0 Å². The predicted molar refractivity (Wildman–Crippen MR) is 219 cm³/mol. The molecule has 3 aromatic carbocycles. The summed E-state index contributed by atoms with van der Waals surface area (Å²) in [4.78, 5) is 17.1. The largest absolute Gasteiger partial charge is 0.512 e. The van der Waals surface area contributed by atoms with Gasteiger partial charge in [0.2, 0.25) is 0 Å². The summed E-state index contributed by atoms with van der Waals surface area (Å²) in [6.07, 6.45) is 7.64. The average molecular weight is 895 g/mol. The Kier molecular flexibility index (Phi) is 13.0. The first kappa shape index (κ1) is 41.4. The number of hydrogen-bond acceptors (Lipinski definition) is 5.